The predicted molar refractivity (Wildman–Crippen MR) is 137 cm³/mol. The highest BCUT2D eigenvalue weighted by Gasteiger charge is 2.17. The maximum Gasteiger partial charge on any atom is 0.163 e. The first-order valence-electron chi connectivity index (χ1n) is 11.7. The minimum atomic E-state index is -0.471. The molecule has 10 heteroatoms. The summed E-state index contributed by atoms with van der Waals surface area (Å²) in [7, 11) is 0. The van der Waals surface area contributed by atoms with Crippen LogP contribution in [0.4, 0.5) is 10.2 Å². The number of nitrogen functional groups attached to an aromatic ring is 1. The molecule has 0 amide bonds. The maximum atomic E-state index is 14.2. The number of aliphatic hydroxyl groups excluding tert-OH is 1. The zero-order chi connectivity index (χ0) is 25.8. The van der Waals surface area contributed by atoms with Gasteiger partial charge in [0.15, 0.2) is 5.65 Å². The molecule has 0 fully saturated rings. The quantitative estimate of drug-likeness (QED) is 0.299. The van der Waals surface area contributed by atoms with E-state index in [-0.39, 0.29) is 13.2 Å². The van der Waals surface area contributed by atoms with Crippen LogP contribution in [0.1, 0.15) is 17.7 Å². The fourth-order valence-electron chi connectivity index (χ4n) is 3.86. The normalized spacial score (nSPS) is 11.1. The van der Waals surface area contributed by atoms with E-state index >= 15 is 0 Å². The highest BCUT2D eigenvalue weighted by molar-refractivity contribution is 5.98. The number of anilines is 1. The first-order valence-corrected chi connectivity index (χ1v) is 11.7. The van der Waals surface area contributed by atoms with Crippen molar-refractivity contribution in [2.75, 3.05) is 12.3 Å². The number of pyridine rings is 1. The van der Waals surface area contributed by atoms with Gasteiger partial charge in [-0.25, -0.2) is 19.0 Å². The largest absolute Gasteiger partial charge is 0.489 e. The summed E-state index contributed by atoms with van der Waals surface area (Å²) in [5.74, 6) is 1.02. The van der Waals surface area contributed by atoms with Crippen molar-refractivity contribution in [2.24, 2.45) is 0 Å². The number of aromatic nitrogens is 5. The van der Waals surface area contributed by atoms with E-state index < -0.39 is 5.82 Å². The van der Waals surface area contributed by atoms with Crippen LogP contribution in [0, 0.1) is 12.7 Å². The van der Waals surface area contributed by atoms with Crippen molar-refractivity contribution >= 4 is 16.9 Å². The Morgan fingerprint density at radius 2 is 1.78 bits per heavy atom. The van der Waals surface area contributed by atoms with Gasteiger partial charge in [-0.15, -0.1) is 0 Å². The van der Waals surface area contributed by atoms with E-state index in [2.05, 4.69) is 20.1 Å². The molecule has 0 aliphatic rings. The van der Waals surface area contributed by atoms with Gasteiger partial charge in [0.1, 0.15) is 47.5 Å². The molecule has 0 bridgehead atoms. The lowest BCUT2D eigenvalue weighted by Crippen LogP contribution is -2.03. The standard InChI is InChI=1S/C27H25FN6O3/c1-17-3-4-18(14-30-17)15-36-22-11-20(28)12-23(13-22)37-21-7-5-19(6-8-21)25-24-26(29)31-16-32-27(24)34(33-25)9-2-10-35/h3-8,11-14,16,35H,2,9-10,15H2,1H3,(H2,29,31,32). The van der Waals surface area contributed by atoms with Gasteiger partial charge in [0, 0.05) is 54.4 Å². The van der Waals surface area contributed by atoms with E-state index in [1.165, 1.54) is 18.5 Å². The first-order chi connectivity index (χ1) is 18.0. The number of ether oxygens (including phenoxy) is 2. The molecule has 2 aromatic carbocycles. The van der Waals surface area contributed by atoms with Crippen molar-refractivity contribution in [1.29, 1.82) is 0 Å². The second-order valence-electron chi connectivity index (χ2n) is 8.45. The van der Waals surface area contributed by atoms with Crippen LogP contribution in [0.2, 0.25) is 0 Å². The van der Waals surface area contributed by atoms with E-state index in [9.17, 15) is 9.50 Å². The van der Waals surface area contributed by atoms with E-state index in [0.29, 0.717) is 52.8 Å². The van der Waals surface area contributed by atoms with Gasteiger partial charge in [-0.1, -0.05) is 6.07 Å². The number of nitrogens with zero attached hydrogens (tertiary/aromatic N) is 5. The molecular weight excluding hydrogens is 475 g/mol. The molecule has 0 radical (unpaired) electrons. The van der Waals surface area contributed by atoms with Gasteiger partial charge in [0.05, 0.1) is 5.39 Å². The van der Waals surface area contributed by atoms with E-state index in [4.69, 9.17) is 15.2 Å². The van der Waals surface area contributed by atoms with Crippen molar-refractivity contribution < 1.29 is 19.0 Å². The SMILES string of the molecule is Cc1ccc(COc2cc(F)cc(Oc3ccc(-c4nn(CCCO)c5ncnc(N)c45)cc3)c2)cn1. The van der Waals surface area contributed by atoms with Gasteiger partial charge >= 0.3 is 0 Å². The number of aliphatic hydroxyl groups is 1. The Hall–Kier alpha value is -4.57. The Kier molecular flexibility index (Phi) is 6.91. The summed E-state index contributed by atoms with van der Waals surface area (Å²) in [6, 6.07) is 15.2. The van der Waals surface area contributed by atoms with Crippen LogP contribution in [0.15, 0.2) is 67.1 Å². The predicted octanol–water partition coefficient (Wildman–Crippen LogP) is 4.67. The molecule has 0 spiro atoms. The van der Waals surface area contributed by atoms with Gasteiger partial charge in [0.2, 0.25) is 0 Å². The molecule has 0 aliphatic carbocycles. The molecule has 188 valence electrons. The molecule has 0 aliphatic heterocycles. The summed E-state index contributed by atoms with van der Waals surface area (Å²) >= 11 is 0. The average molecular weight is 501 g/mol. The first kappa shape index (κ1) is 24.1. The topological polar surface area (TPSA) is 121 Å². The van der Waals surface area contributed by atoms with Crippen molar-refractivity contribution in [2.45, 2.75) is 26.5 Å². The second-order valence-corrected chi connectivity index (χ2v) is 8.45. The zero-order valence-electron chi connectivity index (χ0n) is 20.1. The van der Waals surface area contributed by atoms with Crippen LogP contribution < -0.4 is 15.2 Å². The summed E-state index contributed by atoms with van der Waals surface area (Å²) in [5.41, 5.74) is 9.95. The van der Waals surface area contributed by atoms with Crippen molar-refractivity contribution in [3.05, 3.63) is 84.2 Å². The molecule has 0 unspecified atom stereocenters. The van der Waals surface area contributed by atoms with Gasteiger partial charge in [-0.2, -0.15) is 5.10 Å². The third-order valence-electron chi connectivity index (χ3n) is 5.67. The average Bonchev–Trinajstić information content (AvgIpc) is 3.27. The van der Waals surface area contributed by atoms with Crippen LogP contribution in [-0.2, 0) is 13.2 Å². The lowest BCUT2D eigenvalue weighted by molar-refractivity contribution is 0.278. The van der Waals surface area contributed by atoms with E-state index in [1.807, 2.05) is 31.2 Å². The summed E-state index contributed by atoms with van der Waals surface area (Å²) < 4.78 is 27.6. The molecule has 5 aromatic rings. The third kappa shape index (κ3) is 5.49. The maximum absolute atomic E-state index is 14.2. The van der Waals surface area contributed by atoms with Gasteiger partial charge in [0.25, 0.3) is 0 Å². The van der Waals surface area contributed by atoms with Gasteiger partial charge in [-0.05, 0) is 43.7 Å². The van der Waals surface area contributed by atoms with Crippen molar-refractivity contribution in [3.8, 4) is 28.5 Å². The lowest BCUT2D eigenvalue weighted by atomic mass is 10.1. The number of benzene rings is 2. The fraction of sp³-hybridized carbons (Fsp3) is 0.185. The monoisotopic (exact) mass is 500 g/mol. The molecule has 3 aromatic heterocycles. The van der Waals surface area contributed by atoms with Crippen LogP contribution in [0.5, 0.6) is 17.2 Å². The molecular formula is C27H25FN6O3. The summed E-state index contributed by atoms with van der Waals surface area (Å²) in [4.78, 5) is 12.7. The number of hydrogen-bond donors (Lipinski definition) is 2. The fourth-order valence-corrected chi connectivity index (χ4v) is 3.86. The zero-order valence-corrected chi connectivity index (χ0v) is 20.1. The molecule has 0 saturated heterocycles. The number of nitrogens with two attached hydrogens (primary N) is 1. The smallest absolute Gasteiger partial charge is 0.163 e. The molecule has 0 atom stereocenters. The molecule has 3 heterocycles. The Morgan fingerprint density at radius 1 is 0.973 bits per heavy atom. The highest BCUT2D eigenvalue weighted by Crippen LogP contribution is 2.33. The van der Waals surface area contributed by atoms with Crippen LogP contribution >= 0.6 is 0 Å². The molecule has 5 rings (SSSR count). The van der Waals surface area contributed by atoms with Crippen LogP contribution in [0.25, 0.3) is 22.3 Å². The van der Waals surface area contributed by atoms with Crippen LogP contribution in [-0.4, -0.2) is 36.4 Å². The molecule has 37 heavy (non-hydrogen) atoms. The minimum absolute atomic E-state index is 0.0410. The van der Waals surface area contributed by atoms with E-state index in [0.717, 1.165) is 16.8 Å². The van der Waals surface area contributed by atoms with Gasteiger partial charge in [-0.3, -0.25) is 4.98 Å². The number of halogens is 1. The number of fused-ring (bicyclic) bond motifs is 1. The highest BCUT2D eigenvalue weighted by atomic mass is 19.1. The summed E-state index contributed by atoms with van der Waals surface area (Å²) in [6.45, 7) is 2.70. The Labute approximate surface area is 212 Å². The van der Waals surface area contributed by atoms with Gasteiger partial charge < -0.3 is 20.3 Å². The van der Waals surface area contributed by atoms with Crippen LogP contribution in [0.3, 0.4) is 0 Å². The molecule has 3 N–H and O–H groups in total. The lowest BCUT2D eigenvalue weighted by Gasteiger charge is -2.10. The third-order valence-corrected chi connectivity index (χ3v) is 5.67. The van der Waals surface area contributed by atoms with Crippen molar-refractivity contribution in [1.82, 2.24) is 24.7 Å². The summed E-state index contributed by atoms with van der Waals surface area (Å²) in [5, 5.41) is 14.5. The Bertz CT molecular complexity index is 1520. The Balaban J connectivity index is 1.34. The van der Waals surface area contributed by atoms with E-state index in [1.54, 1.807) is 29.1 Å². The molecule has 9 nitrogen and oxygen atoms in total. The number of rotatable bonds is 9. The second kappa shape index (κ2) is 10.6. The van der Waals surface area contributed by atoms with Crippen molar-refractivity contribution in [3.63, 3.8) is 0 Å². The minimum Gasteiger partial charge on any atom is -0.489 e. The number of hydrogen-bond acceptors (Lipinski definition) is 8. The summed E-state index contributed by atoms with van der Waals surface area (Å²) in [6.07, 6.45) is 3.66. The number of aryl methyl sites for hydroxylation is 2. The molecule has 0 saturated carbocycles. The Morgan fingerprint density at radius 3 is 2.54 bits per heavy atom.